The van der Waals surface area contributed by atoms with Crippen molar-refractivity contribution >= 4 is 22.7 Å². The summed E-state index contributed by atoms with van der Waals surface area (Å²) in [5.41, 5.74) is 3.46. The Hall–Kier alpha value is -3.08. The van der Waals surface area contributed by atoms with Crippen LogP contribution in [-0.4, -0.2) is 29.9 Å². The smallest absolute Gasteiger partial charge is 0.223 e. The first-order valence-electron chi connectivity index (χ1n) is 10.4. The molecule has 3 aromatic rings. The van der Waals surface area contributed by atoms with Crippen LogP contribution in [0.15, 0.2) is 60.8 Å². The van der Waals surface area contributed by atoms with E-state index in [-0.39, 0.29) is 23.7 Å². The van der Waals surface area contributed by atoms with Crippen LogP contribution in [0.4, 0.5) is 0 Å². The van der Waals surface area contributed by atoms with Gasteiger partial charge in [-0.25, -0.2) is 0 Å². The molecule has 1 aliphatic rings. The summed E-state index contributed by atoms with van der Waals surface area (Å²) in [6.07, 6.45) is 5.12. The number of rotatable bonds is 9. The van der Waals surface area contributed by atoms with E-state index >= 15 is 0 Å². The molecule has 1 fully saturated rings. The second-order valence-electron chi connectivity index (χ2n) is 7.73. The van der Waals surface area contributed by atoms with E-state index in [0.717, 1.165) is 18.4 Å². The largest absolute Gasteiger partial charge is 0.361 e. The number of carbonyl (C=O) groups excluding carboxylic acids is 2. The molecule has 0 saturated heterocycles. The molecule has 2 aromatic carbocycles. The molecule has 150 valence electrons. The molecule has 29 heavy (non-hydrogen) atoms. The fourth-order valence-electron chi connectivity index (χ4n) is 3.73. The van der Waals surface area contributed by atoms with Gasteiger partial charge in [-0.1, -0.05) is 48.5 Å². The van der Waals surface area contributed by atoms with Crippen molar-refractivity contribution in [2.45, 2.75) is 31.6 Å². The average molecular weight is 389 g/mol. The quantitative estimate of drug-likeness (QED) is 0.488. The van der Waals surface area contributed by atoms with Crippen molar-refractivity contribution in [2.75, 3.05) is 13.1 Å². The van der Waals surface area contributed by atoms with E-state index in [9.17, 15) is 9.59 Å². The van der Waals surface area contributed by atoms with E-state index in [0.29, 0.717) is 25.9 Å². The summed E-state index contributed by atoms with van der Waals surface area (Å²) in [6.45, 7) is 1.10. The Labute approximate surface area is 170 Å². The minimum Gasteiger partial charge on any atom is -0.361 e. The molecule has 1 aliphatic carbocycles. The lowest BCUT2D eigenvalue weighted by atomic mass is 9.91. The summed E-state index contributed by atoms with van der Waals surface area (Å²) < 4.78 is 0. The van der Waals surface area contributed by atoms with Crippen molar-refractivity contribution in [2.24, 2.45) is 5.92 Å². The topological polar surface area (TPSA) is 74.0 Å². The van der Waals surface area contributed by atoms with Gasteiger partial charge in [0.15, 0.2) is 0 Å². The van der Waals surface area contributed by atoms with Crippen LogP contribution in [0.2, 0.25) is 0 Å². The zero-order chi connectivity index (χ0) is 20.1. The van der Waals surface area contributed by atoms with Crippen LogP contribution in [0, 0.1) is 5.92 Å². The Morgan fingerprint density at radius 1 is 1.00 bits per heavy atom. The van der Waals surface area contributed by atoms with Crippen LogP contribution in [0.1, 0.15) is 42.7 Å². The van der Waals surface area contributed by atoms with Crippen LogP contribution in [0.3, 0.4) is 0 Å². The van der Waals surface area contributed by atoms with Crippen LogP contribution in [0.25, 0.3) is 10.9 Å². The van der Waals surface area contributed by atoms with Crippen LogP contribution >= 0.6 is 0 Å². The number of fused-ring (bicyclic) bond motifs is 1. The summed E-state index contributed by atoms with van der Waals surface area (Å²) in [7, 11) is 0. The molecule has 0 aliphatic heterocycles. The number of carbonyl (C=O) groups is 2. The van der Waals surface area contributed by atoms with Gasteiger partial charge in [0.1, 0.15) is 0 Å². The summed E-state index contributed by atoms with van der Waals surface area (Å²) in [5, 5.41) is 7.18. The zero-order valence-corrected chi connectivity index (χ0v) is 16.5. The lowest BCUT2D eigenvalue weighted by molar-refractivity contribution is -0.123. The molecule has 0 spiro atoms. The molecular formula is C24H27N3O2. The SMILES string of the molecule is O=C(CCCNC(=O)C1CC1)NCC(c1ccccc1)c1c[nH]c2ccccc12. The molecule has 1 heterocycles. The van der Waals surface area contributed by atoms with Gasteiger partial charge in [0.25, 0.3) is 0 Å². The van der Waals surface area contributed by atoms with Gasteiger partial charge in [-0.3, -0.25) is 9.59 Å². The number of aromatic nitrogens is 1. The third kappa shape index (κ3) is 4.86. The van der Waals surface area contributed by atoms with E-state index in [1.54, 1.807) is 0 Å². The zero-order valence-electron chi connectivity index (χ0n) is 16.5. The number of amides is 2. The van der Waals surface area contributed by atoms with Crippen molar-refractivity contribution in [1.29, 1.82) is 0 Å². The van der Waals surface area contributed by atoms with Gasteiger partial charge in [0, 0.05) is 48.4 Å². The van der Waals surface area contributed by atoms with Crippen molar-refractivity contribution in [3.8, 4) is 0 Å². The molecule has 1 unspecified atom stereocenters. The third-order valence-electron chi connectivity index (χ3n) is 5.53. The first-order valence-corrected chi connectivity index (χ1v) is 10.4. The van der Waals surface area contributed by atoms with E-state index in [4.69, 9.17) is 0 Å². The molecule has 0 radical (unpaired) electrons. The molecule has 0 bridgehead atoms. The van der Waals surface area contributed by atoms with Crippen LogP contribution < -0.4 is 10.6 Å². The van der Waals surface area contributed by atoms with E-state index in [1.165, 1.54) is 16.5 Å². The maximum atomic E-state index is 12.4. The van der Waals surface area contributed by atoms with Crippen LogP contribution in [0.5, 0.6) is 0 Å². The Balaban J connectivity index is 1.37. The van der Waals surface area contributed by atoms with E-state index < -0.39 is 0 Å². The molecule has 3 N–H and O–H groups in total. The molecule has 5 heteroatoms. The number of benzene rings is 2. The van der Waals surface area contributed by atoms with E-state index in [1.807, 2.05) is 36.5 Å². The van der Waals surface area contributed by atoms with Crippen molar-refractivity contribution < 1.29 is 9.59 Å². The van der Waals surface area contributed by atoms with Crippen LogP contribution in [-0.2, 0) is 9.59 Å². The van der Waals surface area contributed by atoms with Crippen molar-refractivity contribution in [3.63, 3.8) is 0 Å². The maximum Gasteiger partial charge on any atom is 0.223 e. The highest BCUT2D eigenvalue weighted by molar-refractivity contribution is 5.84. The first kappa shape index (κ1) is 19.2. The van der Waals surface area contributed by atoms with Gasteiger partial charge in [0.2, 0.25) is 11.8 Å². The normalized spacial score (nSPS) is 14.5. The summed E-state index contributed by atoms with van der Waals surface area (Å²) in [5.74, 6) is 0.442. The number of para-hydroxylation sites is 1. The van der Waals surface area contributed by atoms with Gasteiger partial charge >= 0.3 is 0 Å². The Bertz CT molecular complexity index is 976. The molecular weight excluding hydrogens is 362 g/mol. The number of H-pyrrole nitrogens is 1. The number of aromatic amines is 1. The lowest BCUT2D eigenvalue weighted by Gasteiger charge is -2.18. The third-order valence-corrected chi connectivity index (χ3v) is 5.53. The van der Waals surface area contributed by atoms with Gasteiger partial charge in [0.05, 0.1) is 0 Å². The predicted octanol–water partition coefficient (Wildman–Crippen LogP) is 3.72. The molecule has 4 rings (SSSR count). The molecule has 1 saturated carbocycles. The second kappa shape index (κ2) is 8.95. The fraction of sp³-hybridized carbons (Fsp3) is 0.333. The number of hydrogen-bond donors (Lipinski definition) is 3. The fourth-order valence-corrected chi connectivity index (χ4v) is 3.73. The minimum absolute atomic E-state index is 0.0199. The Kier molecular flexibility index (Phi) is 5.94. The first-order chi connectivity index (χ1) is 14.2. The highest BCUT2D eigenvalue weighted by atomic mass is 16.2. The van der Waals surface area contributed by atoms with Gasteiger partial charge in [-0.05, 0) is 36.5 Å². The highest BCUT2D eigenvalue weighted by Gasteiger charge is 2.29. The standard InChI is InChI=1S/C24H27N3O2/c28-23(11-6-14-25-24(29)18-12-13-18)27-15-20(17-7-2-1-3-8-17)21-16-26-22-10-5-4-9-19(21)22/h1-5,7-10,16,18,20,26H,6,11-15H2,(H,25,29)(H,27,28). The summed E-state index contributed by atoms with van der Waals surface area (Å²) >= 11 is 0. The van der Waals surface area contributed by atoms with Gasteiger partial charge in [-0.15, -0.1) is 0 Å². The van der Waals surface area contributed by atoms with E-state index in [2.05, 4.69) is 39.9 Å². The highest BCUT2D eigenvalue weighted by Crippen LogP contribution is 2.30. The van der Waals surface area contributed by atoms with Gasteiger partial charge in [-0.2, -0.15) is 0 Å². The average Bonchev–Trinajstić information content (AvgIpc) is 3.53. The molecule has 1 atom stereocenters. The van der Waals surface area contributed by atoms with Gasteiger partial charge < -0.3 is 15.6 Å². The predicted molar refractivity (Wildman–Crippen MR) is 115 cm³/mol. The molecule has 1 aromatic heterocycles. The minimum atomic E-state index is 0.0199. The Morgan fingerprint density at radius 2 is 1.76 bits per heavy atom. The second-order valence-corrected chi connectivity index (χ2v) is 7.73. The monoisotopic (exact) mass is 389 g/mol. The molecule has 2 amide bonds. The number of hydrogen-bond acceptors (Lipinski definition) is 2. The lowest BCUT2D eigenvalue weighted by Crippen LogP contribution is -2.30. The Morgan fingerprint density at radius 3 is 2.55 bits per heavy atom. The van der Waals surface area contributed by atoms with Crippen molar-refractivity contribution in [1.82, 2.24) is 15.6 Å². The molecule has 5 nitrogen and oxygen atoms in total. The number of nitrogens with one attached hydrogen (secondary N) is 3. The van der Waals surface area contributed by atoms with Crippen molar-refractivity contribution in [3.05, 3.63) is 71.9 Å². The summed E-state index contributed by atoms with van der Waals surface area (Å²) in [6, 6.07) is 18.5. The maximum absolute atomic E-state index is 12.4. The summed E-state index contributed by atoms with van der Waals surface area (Å²) in [4.78, 5) is 27.4.